The largest absolute Gasteiger partial charge is 0.476 e. The Balaban J connectivity index is 2.71. The molecule has 0 fully saturated rings. The maximum absolute atomic E-state index is 5.45. The first kappa shape index (κ1) is 8.08. The summed E-state index contributed by atoms with van der Waals surface area (Å²) in [5.41, 5.74) is 6.64. The third kappa shape index (κ3) is 2.60. The average Bonchev–Trinajstić information content (AvgIpc) is 1.85. The fourth-order valence-electron chi connectivity index (χ4n) is 0.903. The highest BCUT2D eigenvalue weighted by Crippen LogP contribution is 2.12. The van der Waals surface area contributed by atoms with E-state index in [1.165, 1.54) is 5.56 Å². The second kappa shape index (κ2) is 3.39. The summed E-state index contributed by atoms with van der Waals surface area (Å²) >= 11 is 0. The molecule has 1 rings (SSSR count). The highest BCUT2D eigenvalue weighted by atomic mass is 16.5. The van der Waals surface area contributed by atoms with Gasteiger partial charge in [-0.2, -0.15) is 0 Å². The molecule has 0 spiro atoms. The molecule has 1 unspecified atom stereocenters. The molecule has 0 saturated heterocycles. The van der Waals surface area contributed by atoms with Crippen LogP contribution in [0.3, 0.4) is 0 Å². The normalized spacial score (nSPS) is 12.6. The molecular formula is C9H13NO. The summed E-state index contributed by atoms with van der Waals surface area (Å²) < 4.78 is 5.27. The molecule has 60 valence electrons. The van der Waals surface area contributed by atoms with Crippen LogP contribution in [-0.4, -0.2) is 6.23 Å². The van der Waals surface area contributed by atoms with Gasteiger partial charge in [-0.25, -0.2) is 0 Å². The fraction of sp³-hybridized carbons (Fsp3) is 0.333. The van der Waals surface area contributed by atoms with Gasteiger partial charge in [0.05, 0.1) is 0 Å². The van der Waals surface area contributed by atoms with Crippen LogP contribution in [-0.2, 0) is 0 Å². The molecule has 0 heterocycles. The highest BCUT2D eigenvalue weighted by molar-refractivity contribution is 5.27. The molecule has 0 bridgehead atoms. The van der Waals surface area contributed by atoms with E-state index >= 15 is 0 Å². The van der Waals surface area contributed by atoms with Crippen molar-refractivity contribution in [3.8, 4) is 5.75 Å². The van der Waals surface area contributed by atoms with Crippen molar-refractivity contribution in [2.75, 3.05) is 0 Å². The van der Waals surface area contributed by atoms with E-state index in [2.05, 4.69) is 0 Å². The molecule has 2 heteroatoms. The summed E-state index contributed by atoms with van der Waals surface area (Å²) in [6.07, 6.45) is -0.239. The maximum Gasteiger partial charge on any atom is 0.144 e. The van der Waals surface area contributed by atoms with Crippen LogP contribution >= 0.6 is 0 Å². The molecule has 0 aliphatic heterocycles. The number of aryl methyl sites for hydroxylation is 1. The molecule has 1 atom stereocenters. The standard InChI is InChI=1S/C9H13NO/c1-7-4-3-5-9(6-7)11-8(2)10/h3-6,8H,10H2,1-2H3. The van der Waals surface area contributed by atoms with Crippen molar-refractivity contribution >= 4 is 0 Å². The molecule has 0 radical (unpaired) electrons. The van der Waals surface area contributed by atoms with Gasteiger partial charge >= 0.3 is 0 Å². The quantitative estimate of drug-likeness (QED) is 0.653. The van der Waals surface area contributed by atoms with Gasteiger partial charge in [-0.05, 0) is 31.5 Å². The van der Waals surface area contributed by atoms with Crippen LogP contribution in [0, 0.1) is 6.92 Å². The zero-order chi connectivity index (χ0) is 8.27. The predicted octanol–water partition coefficient (Wildman–Crippen LogP) is 1.68. The Labute approximate surface area is 67.0 Å². The van der Waals surface area contributed by atoms with Crippen LogP contribution in [0.1, 0.15) is 12.5 Å². The number of nitrogens with two attached hydrogens (primary N) is 1. The molecule has 0 aromatic heterocycles. The number of ether oxygens (including phenoxy) is 1. The molecule has 0 amide bonds. The summed E-state index contributed by atoms with van der Waals surface area (Å²) in [7, 11) is 0. The molecule has 0 aliphatic rings. The second-order valence-corrected chi connectivity index (χ2v) is 2.64. The van der Waals surface area contributed by atoms with E-state index in [-0.39, 0.29) is 6.23 Å². The van der Waals surface area contributed by atoms with Gasteiger partial charge in [0.25, 0.3) is 0 Å². The van der Waals surface area contributed by atoms with Gasteiger partial charge in [0.1, 0.15) is 12.0 Å². The van der Waals surface area contributed by atoms with Gasteiger partial charge in [0, 0.05) is 0 Å². The van der Waals surface area contributed by atoms with Crippen molar-refractivity contribution in [1.29, 1.82) is 0 Å². The van der Waals surface area contributed by atoms with Gasteiger partial charge in [0.15, 0.2) is 0 Å². The summed E-state index contributed by atoms with van der Waals surface area (Å²) in [6, 6.07) is 7.83. The van der Waals surface area contributed by atoms with E-state index in [4.69, 9.17) is 10.5 Å². The summed E-state index contributed by atoms with van der Waals surface area (Å²) in [5.74, 6) is 0.833. The van der Waals surface area contributed by atoms with E-state index in [0.29, 0.717) is 0 Å². The van der Waals surface area contributed by atoms with Gasteiger partial charge in [-0.1, -0.05) is 12.1 Å². The predicted molar refractivity (Wildman–Crippen MR) is 45.5 cm³/mol. The Morgan fingerprint density at radius 3 is 2.73 bits per heavy atom. The SMILES string of the molecule is Cc1cccc(OC(C)N)c1. The molecule has 2 nitrogen and oxygen atoms in total. The van der Waals surface area contributed by atoms with Crippen LogP contribution in [0.25, 0.3) is 0 Å². The minimum atomic E-state index is -0.239. The molecule has 1 aromatic carbocycles. The monoisotopic (exact) mass is 151 g/mol. The zero-order valence-corrected chi connectivity index (χ0v) is 6.87. The summed E-state index contributed by atoms with van der Waals surface area (Å²) in [5, 5.41) is 0. The van der Waals surface area contributed by atoms with Gasteiger partial charge in [-0.15, -0.1) is 0 Å². The first-order chi connectivity index (χ1) is 5.18. The van der Waals surface area contributed by atoms with Gasteiger partial charge in [-0.3, -0.25) is 5.73 Å². The van der Waals surface area contributed by atoms with E-state index in [9.17, 15) is 0 Å². The lowest BCUT2D eigenvalue weighted by Gasteiger charge is -2.09. The molecule has 1 aromatic rings. The molecule has 2 N–H and O–H groups in total. The first-order valence-corrected chi connectivity index (χ1v) is 3.67. The van der Waals surface area contributed by atoms with Crippen molar-refractivity contribution < 1.29 is 4.74 Å². The van der Waals surface area contributed by atoms with Crippen LogP contribution in [0.5, 0.6) is 5.75 Å². The Morgan fingerprint density at radius 2 is 2.18 bits per heavy atom. The fourth-order valence-corrected chi connectivity index (χ4v) is 0.903. The van der Waals surface area contributed by atoms with Crippen molar-refractivity contribution in [2.24, 2.45) is 5.73 Å². The minimum Gasteiger partial charge on any atom is -0.476 e. The van der Waals surface area contributed by atoms with Gasteiger partial charge in [0.2, 0.25) is 0 Å². The Bertz CT molecular complexity index is 233. The van der Waals surface area contributed by atoms with Gasteiger partial charge < -0.3 is 4.74 Å². The molecule has 11 heavy (non-hydrogen) atoms. The second-order valence-electron chi connectivity index (χ2n) is 2.64. The van der Waals surface area contributed by atoms with Crippen LogP contribution in [0.4, 0.5) is 0 Å². The van der Waals surface area contributed by atoms with Crippen molar-refractivity contribution in [3.63, 3.8) is 0 Å². The third-order valence-electron chi connectivity index (χ3n) is 1.31. The van der Waals surface area contributed by atoms with E-state index in [0.717, 1.165) is 5.75 Å². The van der Waals surface area contributed by atoms with Crippen LogP contribution < -0.4 is 10.5 Å². The lowest BCUT2D eigenvalue weighted by atomic mass is 10.2. The Kier molecular flexibility index (Phi) is 2.49. The number of hydrogen-bond acceptors (Lipinski definition) is 2. The first-order valence-electron chi connectivity index (χ1n) is 3.67. The molecule has 0 saturated carbocycles. The number of rotatable bonds is 2. The smallest absolute Gasteiger partial charge is 0.144 e. The molecule has 0 aliphatic carbocycles. The Morgan fingerprint density at radius 1 is 1.45 bits per heavy atom. The highest BCUT2D eigenvalue weighted by Gasteiger charge is 1.95. The lowest BCUT2D eigenvalue weighted by Crippen LogP contribution is -2.22. The van der Waals surface area contributed by atoms with E-state index in [1.54, 1.807) is 0 Å². The van der Waals surface area contributed by atoms with Crippen molar-refractivity contribution in [3.05, 3.63) is 29.8 Å². The van der Waals surface area contributed by atoms with Crippen LogP contribution in [0.15, 0.2) is 24.3 Å². The number of benzene rings is 1. The minimum absolute atomic E-state index is 0.239. The maximum atomic E-state index is 5.45. The lowest BCUT2D eigenvalue weighted by molar-refractivity contribution is 0.230. The topological polar surface area (TPSA) is 35.2 Å². The third-order valence-corrected chi connectivity index (χ3v) is 1.31. The van der Waals surface area contributed by atoms with Crippen LogP contribution in [0.2, 0.25) is 0 Å². The zero-order valence-electron chi connectivity index (χ0n) is 6.87. The van der Waals surface area contributed by atoms with Crippen molar-refractivity contribution in [1.82, 2.24) is 0 Å². The summed E-state index contributed by atoms with van der Waals surface area (Å²) in [4.78, 5) is 0. The molecular weight excluding hydrogens is 138 g/mol. The summed E-state index contributed by atoms with van der Waals surface area (Å²) in [6.45, 7) is 3.83. The average molecular weight is 151 g/mol. The number of hydrogen-bond donors (Lipinski definition) is 1. The Hall–Kier alpha value is -1.02. The van der Waals surface area contributed by atoms with Crippen molar-refractivity contribution in [2.45, 2.75) is 20.1 Å². The van der Waals surface area contributed by atoms with E-state index < -0.39 is 0 Å². The van der Waals surface area contributed by atoms with E-state index in [1.807, 2.05) is 38.1 Å².